The van der Waals surface area contributed by atoms with E-state index in [1.54, 1.807) is 13.8 Å². The number of ether oxygens (including phenoxy) is 1. The molecule has 0 unspecified atom stereocenters. The van der Waals surface area contributed by atoms with Crippen molar-refractivity contribution < 1.29 is 29.0 Å². The summed E-state index contributed by atoms with van der Waals surface area (Å²) in [5, 5.41) is 11.4. The monoisotopic (exact) mass is 285 g/mol. The van der Waals surface area contributed by atoms with Crippen LogP contribution in [-0.4, -0.2) is 53.0 Å². The summed E-state index contributed by atoms with van der Waals surface area (Å²) < 4.78 is 5.00. The van der Waals surface area contributed by atoms with E-state index in [1.165, 1.54) is 7.11 Å². The summed E-state index contributed by atoms with van der Waals surface area (Å²) in [6, 6.07) is -1.18. The fraction of sp³-hybridized carbons (Fsp3) is 0.667. The van der Waals surface area contributed by atoms with Gasteiger partial charge in [0.2, 0.25) is 11.7 Å². The molecule has 0 aromatic heterocycles. The lowest BCUT2D eigenvalue weighted by Crippen LogP contribution is -2.45. The van der Waals surface area contributed by atoms with Gasteiger partial charge in [-0.15, -0.1) is 0 Å². The molecular weight excluding hydrogens is 266 g/mol. The van der Waals surface area contributed by atoms with E-state index in [0.29, 0.717) is 6.21 Å². The fourth-order valence-corrected chi connectivity index (χ4v) is 1.39. The average Bonchev–Trinajstić information content (AvgIpc) is 2.41. The topological polar surface area (TPSA) is 129 Å². The summed E-state index contributed by atoms with van der Waals surface area (Å²) in [6.45, 7) is 3.31. The van der Waals surface area contributed by atoms with E-state index in [9.17, 15) is 14.4 Å². The summed E-state index contributed by atoms with van der Waals surface area (Å²) in [6.07, 6.45) is 0.110. The minimum absolute atomic E-state index is 0.0833. The molecule has 0 rings (SSSR count). The number of methoxy groups -OCH3 is 1. The Morgan fingerprint density at radius 2 is 2.00 bits per heavy atom. The number of nitrogens with one attached hydrogen (secondary N) is 1. The maximum Gasteiger partial charge on any atom is 0.326 e. The predicted octanol–water partition coefficient (Wildman–Crippen LogP) is -0.123. The Balaban J connectivity index is 4.55. The van der Waals surface area contributed by atoms with E-state index in [2.05, 4.69) is 10.1 Å². The van der Waals surface area contributed by atoms with Gasteiger partial charge in [-0.25, -0.2) is 4.79 Å². The van der Waals surface area contributed by atoms with E-state index in [1.807, 2.05) is 0 Å². The van der Waals surface area contributed by atoms with Crippen molar-refractivity contribution in [3.8, 4) is 0 Å². The molecule has 1 amide bonds. The molecule has 0 spiro atoms. The molecule has 3 atom stereocenters. The van der Waals surface area contributed by atoms with E-state index in [4.69, 9.17) is 15.4 Å². The molecule has 0 aromatic rings. The van der Waals surface area contributed by atoms with Crippen molar-refractivity contribution in [3.63, 3.8) is 0 Å². The van der Waals surface area contributed by atoms with Crippen LogP contribution in [0.3, 0.4) is 0 Å². The average molecular weight is 285 g/mol. The maximum atomic E-state index is 11.8. The minimum atomic E-state index is -1.23. The first-order valence-electron chi connectivity index (χ1n) is 6.09. The van der Waals surface area contributed by atoms with E-state index >= 15 is 0 Å². The van der Waals surface area contributed by atoms with Gasteiger partial charge in [-0.1, -0.05) is 6.92 Å². The number of nitrogens with zero attached hydrogens (tertiary/aromatic N) is 2. The number of carboxylic acid groups (broad SMARTS) is 1. The summed E-state index contributed by atoms with van der Waals surface area (Å²) in [5.74, 6) is -2.73. The quantitative estimate of drug-likeness (QED) is 0.346. The van der Waals surface area contributed by atoms with Crippen LogP contribution in [0.1, 0.15) is 26.7 Å². The highest BCUT2D eigenvalue weighted by Crippen LogP contribution is 2.07. The van der Waals surface area contributed by atoms with Crippen molar-refractivity contribution in [2.75, 3.05) is 7.11 Å². The van der Waals surface area contributed by atoms with Crippen LogP contribution in [-0.2, 0) is 19.1 Å². The van der Waals surface area contributed by atoms with E-state index in [0.717, 1.165) is 0 Å². The summed E-state index contributed by atoms with van der Waals surface area (Å²) in [5.41, 5.74) is 8.17. The van der Waals surface area contributed by atoms with Crippen molar-refractivity contribution >= 4 is 23.9 Å². The largest absolute Gasteiger partial charge is 0.480 e. The molecule has 8 heteroatoms. The molecule has 0 saturated heterocycles. The Hall–Kier alpha value is -2.05. The standard InChI is InChI=1S/C12H19N3O5/c1-7(8(2)20-3)11(17)15-10(12(18)19)5-4-9(16)6-14-13/h6-8,10H,4-5H2,1-3H3,(H,15,17)(H,18,19)/t7-,8-,10+/m1/s1. The second kappa shape index (κ2) is 8.95. The lowest BCUT2D eigenvalue weighted by molar-refractivity contribution is -0.143. The van der Waals surface area contributed by atoms with Gasteiger partial charge in [0.15, 0.2) is 0 Å². The van der Waals surface area contributed by atoms with Gasteiger partial charge < -0.3 is 20.7 Å². The van der Waals surface area contributed by atoms with Crippen LogP contribution in [0.4, 0.5) is 0 Å². The first kappa shape index (κ1) is 17.9. The molecule has 2 N–H and O–H groups in total. The Bertz CT molecular complexity index is 417. The Morgan fingerprint density at radius 1 is 1.40 bits per heavy atom. The molecule has 0 saturated carbocycles. The summed E-state index contributed by atoms with van der Waals surface area (Å²) in [4.78, 5) is 36.5. The zero-order valence-corrected chi connectivity index (χ0v) is 11.7. The van der Waals surface area contributed by atoms with Gasteiger partial charge in [0.25, 0.3) is 0 Å². The first-order chi connectivity index (χ1) is 9.33. The van der Waals surface area contributed by atoms with Crippen LogP contribution in [0, 0.1) is 5.92 Å². The summed E-state index contributed by atoms with van der Waals surface area (Å²) >= 11 is 0. The second-order valence-corrected chi connectivity index (χ2v) is 4.38. The number of aliphatic carboxylic acids is 1. The maximum absolute atomic E-state index is 11.8. The molecule has 0 aromatic carbocycles. The SMILES string of the molecule is CO[C@H](C)[C@@H](C)C(=O)N[C@@H](CCC(=O)C=[N+]=[N-])C(=O)O. The molecule has 0 aliphatic heterocycles. The third kappa shape index (κ3) is 6.21. The van der Waals surface area contributed by atoms with Gasteiger partial charge in [-0.05, 0) is 13.3 Å². The highest BCUT2D eigenvalue weighted by atomic mass is 16.5. The zero-order chi connectivity index (χ0) is 15.7. The van der Waals surface area contributed by atoms with Crippen LogP contribution in [0.25, 0.3) is 5.53 Å². The molecule has 0 radical (unpaired) electrons. The van der Waals surface area contributed by atoms with Crippen molar-refractivity contribution in [1.82, 2.24) is 5.32 Å². The van der Waals surface area contributed by atoms with Gasteiger partial charge in [0, 0.05) is 13.5 Å². The number of carbonyl (C=O) groups excluding carboxylic acids is 2. The number of rotatable bonds is 9. The number of amides is 1. The molecule has 0 bridgehead atoms. The Morgan fingerprint density at radius 3 is 2.45 bits per heavy atom. The van der Waals surface area contributed by atoms with Crippen LogP contribution in [0.2, 0.25) is 0 Å². The van der Waals surface area contributed by atoms with Gasteiger partial charge in [0.05, 0.1) is 12.0 Å². The number of ketones is 1. The highest BCUT2D eigenvalue weighted by Gasteiger charge is 2.26. The first-order valence-corrected chi connectivity index (χ1v) is 6.09. The van der Waals surface area contributed by atoms with Crippen LogP contribution in [0.15, 0.2) is 0 Å². The molecule has 0 heterocycles. The number of carboxylic acids is 1. The molecule has 112 valence electrons. The molecule has 8 nitrogen and oxygen atoms in total. The number of carbonyl (C=O) groups is 3. The number of Topliss-reactive ketones (excluding diaryl/α,β-unsaturated/α-hetero) is 1. The number of hydrogen-bond donors (Lipinski definition) is 2. The molecule has 0 aliphatic rings. The van der Waals surface area contributed by atoms with Crippen LogP contribution in [0.5, 0.6) is 0 Å². The highest BCUT2D eigenvalue weighted by molar-refractivity contribution is 6.25. The molecule has 0 fully saturated rings. The van der Waals surface area contributed by atoms with Crippen molar-refractivity contribution in [2.24, 2.45) is 5.92 Å². The van der Waals surface area contributed by atoms with Crippen molar-refractivity contribution in [3.05, 3.63) is 5.53 Å². The van der Waals surface area contributed by atoms with Crippen molar-refractivity contribution in [1.29, 1.82) is 0 Å². The molecule has 20 heavy (non-hydrogen) atoms. The van der Waals surface area contributed by atoms with E-state index < -0.39 is 29.6 Å². The third-order valence-corrected chi connectivity index (χ3v) is 2.99. The van der Waals surface area contributed by atoms with Gasteiger partial charge in [-0.3, -0.25) is 9.59 Å². The van der Waals surface area contributed by atoms with Gasteiger partial charge in [0.1, 0.15) is 6.04 Å². The fourth-order valence-electron chi connectivity index (χ4n) is 1.39. The minimum Gasteiger partial charge on any atom is -0.480 e. The molecule has 0 aliphatic carbocycles. The lowest BCUT2D eigenvalue weighted by Gasteiger charge is -2.20. The Kier molecular flexibility index (Phi) is 8.03. The predicted molar refractivity (Wildman–Crippen MR) is 69.1 cm³/mol. The van der Waals surface area contributed by atoms with Crippen molar-refractivity contribution in [2.45, 2.75) is 38.8 Å². The van der Waals surface area contributed by atoms with Crippen LogP contribution < -0.4 is 5.32 Å². The van der Waals surface area contributed by atoms with Gasteiger partial charge >= 0.3 is 12.2 Å². The van der Waals surface area contributed by atoms with Gasteiger partial charge in [-0.2, -0.15) is 4.79 Å². The zero-order valence-electron chi connectivity index (χ0n) is 11.7. The second-order valence-electron chi connectivity index (χ2n) is 4.38. The Labute approximate surface area is 116 Å². The lowest BCUT2D eigenvalue weighted by atomic mass is 10.0. The summed E-state index contributed by atoms with van der Waals surface area (Å²) in [7, 11) is 1.45. The smallest absolute Gasteiger partial charge is 0.326 e. The molecular formula is C12H19N3O5. The third-order valence-electron chi connectivity index (χ3n) is 2.99. The van der Waals surface area contributed by atoms with E-state index in [-0.39, 0.29) is 18.9 Å². The number of hydrogen-bond acceptors (Lipinski definition) is 4. The normalized spacial score (nSPS) is 14.6. The van der Waals surface area contributed by atoms with Crippen LogP contribution >= 0.6 is 0 Å².